The van der Waals surface area contributed by atoms with E-state index in [0.717, 1.165) is 25.7 Å². The number of nitrogens with one attached hydrogen (secondary N) is 1. The van der Waals surface area contributed by atoms with E-state index in [1.807, 2.05) is 0 Å². The van der Waals surface area contributed by atoms with Crippen molar-refractivity contribution in [3.05, 3.63) is 0 Å². The van der Waals surface area contributed by atoms with Crippen LogP contribution in [-0.2, 0) is 4.74 Å². The molecule has 1 saturated carbocycles. The van der Waals surface area contributed by atoms with Crippen molar-refractivity contribution in [3.8, 4) is 0 Å². The average molecular weight is 213 g/mol. The molecule has 1 unspecified atom stereocenters. The van der Waals surface area contributed by atoms with Gasteiger partial charge < -0.3 is 10.1 Å². The maximum absolute atomic E-state index is 5.74. The fourth-order valence-electron chi connectivity index (χ4n) is 1.68. The van der Waals surface area contributed by atoms with Gasteiger partial charge in [-0.3, -0.25) is 0 Å². The second kappa shape index (κ2) is 7.24. The van der Waals surface area contributed by atoms with Gasteiger partial charge in [-0.1, -0.05) is 33.6 Å². The lowest BCUT2D eigenvalue weighted by molar-refractivity contribution is 0.0936. The largest absolute Gasteiger partial charge is 0.380 e. The molecule has 0 bridgehead atoms. The minimum Gasteiger partial charge on any atom is -0.380 e. The minimum absolute atomic E-state index is 0.532. The third-order valence-electron chi connectivity index (χ3n) is 3.13. The molecule has 0 aliphatic heterocycles. The Morgan fingerprint density at radius 2 is 2.07 bits per heavy atom. The molecule has 0 heterocycles. The SMILES string of the molecule is CCCNC(COCCC1CC1)C(C)C. The minimum atomic E-state index is 0.532. The maximum atomic E-state index is 5.74. The zero-order valence-electron chi connectivity index (χ0n) is 10.6. The third kappa shape index (κ3) is 6.16. The highest BCUT2D eigenvalue weighted by atomic mass is 16.5. The lowest BCUT2D eigenvalue weighted by Crippen LogP contribution is -2.38. The van der Waals surface area contributed by atoms with Gasteiger partial charge in [0.25, 0.3) is 0 Å². The summed E-state index contributed by atoms with van der Waals surface area (Å²) in [5.41, 5.74) is 0. The Morgan fingerprint density at radius 1 is 1.33 bits per heavy atom. The lowest BCUT2D eigenvalue weighted by atomic mass is 10.1. The Kier molecular flexibility index (Phi) is 6.26. The molecular formula is C13H27NO. The van der Waals surface area contributed by atoms with Gasteiger partial charge in [0, 0.05) is 12.6 Å². The van der Waals surface area contributed by atoms with E-state index in [2.05, 4.69) is 26.1 Å². The summed E-state index contributed by atoms with van der Waals surface area (Å²) in [6.45, 7) is 9.68. The summed E-state index contributed by atoms with van der Waals surface area (Å²) in [7, 11) is 0. The summed E-state index contributed by atoms with van der Waals surface area (Å²) >= 11 is 0. The Balaban J connectivity index is 2.01. The Hall–Kier alpha value is -0.0800. The smallest absolute Gasteiger partial charge is 0.0622 e. The fraction of sp³-hybridized carbons (Fsp3) is 1.00. The molecule has 1 rings (SSSR count). The zero-order chi connectivity index (χ0) is 11.1. The monoisotopic (exact) mass is 213 g/mol. The molecule has 0 aromatic heterocycles. The summed E-state index contributed by atoms with van der Waals surface area (Å²) in [5.74, 6) is 1.66. The maximum Gasteiger partial charge on any atom is 0.0622 e. The highest BCUT2D eigenvalue weighted by Gasteiger charge is 2.20. The molecule has 0 aromatic carbocycles. The lowest BCUT2D eigenvalue weighted by Gasteiger charge is -2.22. The van der Waals surface area contributed by atoms with Crippen molar-refractivity contribution >= 4 is 0 Å². The first kappa shape index (κ1) is 13.0. The zero-order valence-corrected chi connectivity index (χ0v) is 10.6. The first-order valence-corrected chi connectivity index (χ1v) is 6.55. The van der Waals surface area contributed by atoms with Crippen molar-refractivity contribution in [2.24, 2.45) is 11.8 Å². The Morgan fingerprint density at radius 3 is 2.60 bits per heavy atom. The van der Waals surface area contributed by atoms with Gasteiger partial charge in [-0.25, -0.2) is 0 Å². The van der Waals surface area contributed by atoms with Crippen molar-refractivity contribution < 1.29 is 4.74 Å². The van der Waals surface area contributed by atoms with Gasteiger partial charge in [-0.2, -0.15) is 0 Å². The third-order valence-corrected chi connectivity index (χ3v) is 3.13. The standard InChI is InChI=1S/C13H27NO/c1-4-8-14-13(11(2)3)10-15-9-7-12-5-6-12/h11-14H,4-10H2,1-3H3. The number of ether oxygens (including phenoxy) is 1. The van der Waals surface area contributed by atoms with Crippen molar-refractivity contribution in [2.45, 2.75) is 52.5 Å². The highest BCUT2D eigenvalue weighted by molar-refractivity contribution is 4.73. The molecule has 0 amide bonds. The van der Waals surface area contributed by atoms with Crippen LogP contribution in [0.3, 0.4) is 0 Å². The average Bonchev–Trinajstić information content (AvgIpc) is 3.00. The van der Waals surface area contributed by atoms with E-state index in [4.69, 9.17) is 4.74 Å². The van der Waals surface area contributed by atoms with Crippen LogP contribution in [0.1, 0.15) is 46.5 Å². The molecule has 90 valence electrons. The molecule has 0 spiro atoms. The summed E-state index contributed by atoms with van der Waals surface area (Å²) in [4.78, 5) is 0. The topological polar surface area (TPSA) is 21.3 Å². The molecule has 2 nitrogen and oxygen atoms in total. The molecule has 15 heavy (non-hydrogen) atoms. The highest BCUT2D eigenvalue weighted by Crippen LogP contribution is 2.32. The van der Waals surface area contributed by atoms with E-state index in [0.29, 0.717) is 12.0 Å². The first-order valence-electron chi connectivity index (χ1n) is 6.55. The molecule has 1 fully saturated rings. The molecule has 0 saturated heterocycles. The van der Waals surface area contributed by atoms with Gasteiger partial charge in [0.15, 0.2) is 0 Å². The van der Waals surface area contributed by atoms with Crippen LogP contribution in [0.15, 0.2) is 0 Å². The van der Waals surface area contributed by atoms with E-state index in [-0.39, 0.29) is 0 Å². The van der Waals surface area contributed by atoms with Gasteiger partial charge in [0.1, 0.15) is 0 Å². The van der Waals surface area contributed by atoms with E-state index < -0.39 is 0 Å². The quantitative estimate of drug-likeness (QED) is 0.595. The van der Waals surface area contributed by atoms with Crippen LogP contribution in [0.4, 0.5) is 0 Å². The summed E-state index contributed by atoms with van der Waals surface area (Å²) in [5, 5.41) is 3.55. The van der Waals surface area contributed by atoms with Gasteiger partial charge in [0.05, 0.1) is 6.61 Å². The van der Waals surface area contributed by atoms with Crippen LogP contribution in [-0.4, -0.2) is 25.8 Å². The number of hydrogen-bond donors (Lipinski definition) is 1. The molecule has 1 N–H and O–H groups in total. The predicted molar refractivity (Wildman–Crippen MR) is 65.1 cm³/mol. The number of rotatable bonds is 9. The van der Waals surface area contributed by atoms with Crippen LogP contribution in [0, 0.1) is 11.8 Å². The van der Waals surface area contributed by atoms with Crippen LogP contribution in [0.25, 0.3) is 0 Å². The summed E-state index contributed by atoms with van der Waals surface area (Å²) in [6, 6.07) is 0.532. The molecule has 1 aliphatic rings. The van der Waals surface area contributed by atoms with Crippen LogP contribution in [0.5, 0.6) is 0 Å². The van der Waals surface area contributed by atoms with Crippen molar-refractivity contribution in [1.82, 2.24) is 5.32 Å². The predicted octanol–water partition coefficient (Wildman–Crippen LogP) is 2.83. The Labute approximate surface area is 94.8 Å². The molecule has 2 heteroatoms. The molecule has 1 aliphatic carbocycles. The molecule has 0 aromatic rings. The van der Waals surface area contributed by atoms with Gasteiger partial charge in [-0.05, 0) is 31.2 Å². The Bertz CT molecular complexity index is 155. The van der Waals surface area contributed by atoms with Crippen LogP contribution in [0.2, 0.25) is 0 Å². The van der Waals surface area contributed by atoms with Gasteiger partial charge in [0.2, 0.25) is 0 Å². The molecular weight excluding hydrogens is 186 g/mol. The van der Waals surface area contributed by atoms with Crippen LogP contribution >= 0.6 is 0 Å². The van der Waals surface area contributed by atoms with Crippen molar-refractivity contribution in [1.29, 1.82) is 0 Å². The van der Waals surface area contributed by atoms with E-state index in [9.17, 15) is 0 Å². The van der Waals surface area contributed by atoms with E-state index >= 15 is 0 Å². The van der Waals surface area contributed by atoms with Crippen LogP contribution < -0.4 is 5.32 Å². The normalized spacial score (nSPS) is 18.4. The fourth-order valence-corrected chi connectivity index (χ4v) is 1.68. The number of hydrogen-bond acceptors (Lipinski definition) is 2. The molecule has 0 radical (unpaired) electrons. The van der Waals surface area contributed by atoms with Gasteiger partial charge in [-0.15, -0.1) is 0 Å². The second-order valence-electron chi connectivity index (χ2n) is 5.11. The molecule has 1 atom stereocenters. The van der Waals surface area contributed by atoms with E-state index in [1.165, 1.54) is 25.7 Å². The summed E-state index contributed by atoms with van der Waals surface area (Å²) in [6.07, 6.45) is 5.35. The first-order chi connectivity index (χ1) is 7.24. The van der Waals surface area contributed by atoms with E-state index in [1.54, 1.807) is 0 Å². The second-order valence-corrected chi connectivity index (χ2v) is 5.11. The van der Waals surface area contributed by atoms with Crippen molar-refractivity contribution in [2.75, 3.05) is 19.8 Å². The van der Waals surface area contributed by atoms with Crippen molar-refractivity contribution in [3.63, 3.8) is 0 Å². The van der Waals surface area contributed by atoms with Gasteiger partial charge >= 0.3 is 0 Å². The summed E-state index contributed by atoms with van der Waals surface area (Å²) < 4.78 is 5.74.